The molecule has 2 aromatic carbocycles. The number of benzene rings is 2. The molecule has 1 aliphatic heterocycles. The molecule has 3 heteroatoms. The lowest BCUT2D eigenvalue weighted by atomic mass is 9.90. The Hall–Kier alpha value is -1.58. The maximum absolute atomic E-state index is 12.5. The van der Waals surface area contributed by atoms with Gasteiger partial charge in [0.1, 0.15) is 5.60 Å². The van der Waals surface area contributed by atoms with E-state index in [-0.39, 0.29) is 5.12 Å². The van der Waals surface area contributed by atoms with Gasteiger partial charge in [-0.1, -0.05) is 48.5 Å². The summed E-state index contributed by atoms with van der Waals surface area (Å²) in [7, 11) is 0. The molecule has 2 nitrogen and oxygen atoms in total. The van der Waals surface area contributed by atoms with Gasteiger partial charge in [-0.3, -0.25) is 4.79 Å². The fourth-order valence-corrected chi connectivity index (χ4v) is 3.34. The highest BCUT2D eigenvalue weighted by Gasteiger charge is 2.69. The van der Waals surface area contributed by atoms with E-state index in [0.717, 1.165) is 10.5 Å². The zero-order valence-corrected chi connectivity index (χ0v) is 12.3. The topological polar surface area (TPSA) is 29.6 Å². The third kappa shape index (κ3) is 2.07. The average Bonchev–Trinajstić information content (AvgIpc) is 3.06. The zero-order chi connectivity index (χ0) is 14.2. The summed E-state index contributed by atoms with van der Waals surface area (Å²) < 4.78 is 5.84. The van der Waals surface area contributed by atoms with Gasteiger partial charge in [0.05, 0.1) is 0 Å². The minimum absolute atomic E-state index is 0.0510. The second-order valence-corrected chi connectivity index (χ2v) is 6.28. The molecule has 0 aliphatic carbocycles. The normalized spacial score (nSPS) is 28.1. The summed E-state index contributed by atoms with van der Waals surface area (Å²) in [5.41, 5.74) is -0.230. The Morgan fingerprint density at radius 1 is 0.950 bits per heavy atom. The van der Waals surface area contributed by atoms with Gasteiger partial charge in [-0.05, 0) is 43.3 Å². The van der Waals surface area contributed by atoms with Crippen LogP contribution in [0.2, 0.25) is 0 Å². The first-order valence-electron chi connectivity index (χ1n) is 6.59. The van der Waals surface area contributed by atoms with Gasteiger partial charge in [-0.2, -0.15) is 0 Å². The van der Waals surface area contributed by atoms with E-state index in [1.807, 2.05) is 74.5 Å². The van der Waals surface area contributed by atoms with E-state index >= 15 is 0 Å². The van der Waals surface area contributed by atoms with Crippen molar-refractivity contribution in [2.75, 3.05) is 0 Å². The number of rotatable bonds is 3. The standard InChI is InChI=1S/C17H16O2S/c1-16(13-9-5-3-6-10-13)17(2,19-16)15(18)20-14-11-7-4-8-12-14/h3-12H,1-2H3/t16-,17+/m1/s1. The van der Waals surface area contributed by atoms with Crippen LogP contribution >= 0.6 is 11.8 Å². The first kappa shape index (κ1) is 13.4. The van der Waals surface area contributed by atoms with Crippen LogP contribution in [0.5, 0.6) is 0 Å². The maximum atomic E-state index is 12.5. The smallest absolute Gasteiger partial charge is 0.228 e. The molecular formula is C17H16O2S. The van der Waals surface area contributed by atoms with E-state index in [1.165, 1.54) is 11.8 Å². The number of hydrogen-bond donors (Lipinski definition) is 0. The Bertz CT molecular complexity index is 626. The van der Waals surface area contributed by atoms with Crippen molar-refractivity contribution in [3.63, 3.8) is 0 Å². The van der Waals surface area contributed by atoms with Crippen molar-refractivity contribution in [3.05, 3.63) is 66.2 Å². The molecule has 0 unspecified atom stereocenters. The third-order valence-corrected chi connectivity index (χ3v) is 5.03. The molecule has 0 aromatic heterocycles. The van der Waals surface area contributed by atoms with Crippen LogP contribution in [0, 0.1) is 0 Å². The van der Waals surface area contributed by atoms with E-state index in [2.05, 4.69) is 0 Å². The zero-order valence-electron chi connectivity index (χ0n) is 11.5. The summed E-state index contributed by atoms with van der Waals surface area (Å²) in [4.78, 5) is 13.5. The van der Waals surface area contributed by atoms with E-state index in [0.29, 0.717) is 0 Å². The number of ether oxygens (including phenoxy) is 1. The van der Waals surface area contributed by atoms with Crippen molar-refractivity contribution in [3.8, 4) is 0 Å². The molecule has 1 saturated heterocycles. The minimum atomic E-state index is -0.755. The highest BCUT2D eigenvalue weighted by atomic mass is 32.2. The van der Waals surface area contributed by atoms with Crippen LogP contribution < -0.4 is 0 Å². The predicted octanol–water partition coefficient (Wildman–Crippen LogP) is 4.01. The highest BCUT2D eigenvalue weighted by Crippen LogP contribution is 2.57. The molecule has 3 rings (SSSR count). The lowest BCUT2D eigenvalue weighted by Gasteiger charge is -2.11. The summed E-state index contributed by atoms with van der Waals surface area (Å²) in [5, 5.41) is 0.0510. The fraction of sp³-hybridized carbons (Fsp3) is 0.235. The van der Waals surface area contributed by atoms with Crippen molar-refractivity contribution >= 4 is 16.9 Å². The molecule has 0 amide bonds. The first-order chi connectivity index (χ1) is 9.56. The number of hydrogen-bond acceptors (Lipinski definition) is 3. The molecule has 0 radical (unpaired) electrons. The van der Waals surface area contributed by atoms with Crippen molar-refractivity contribution in [2.24, 2.45) is 0 Å². The number of carbonyl (C=O) groups excluding carboxylic acids is 1. The Kier molecular flexibility index (Phi) is 3.19. The van der Waals surface area contributed by atoms with E-state index in [9.17, 15) is 4.79 Å². The SMILES string of the molecule is C[C@@]1(C(=O)Sc2ccccc2)O[C@]1(C)c1ccccc1. The van der Waals surface area contributed by atoms with Gasteiger partial charge in [0.2, 0.25) is 5.12 Å². The van der Waals surface area contributed by atoms with E-state index in [1.54, 1.807) is 0 Å². The molecular weight excluding hydrogens is 268 g/mol. The second kappa shape index (κ2) is 4.76. The van der Waals surface area contributed by atoms with Gasteiger partial charge in [-0.25, -0.2) is 0 Å². The fourth-order valence-electron chi connectivity index (χ4n) is 2.40. The molecule has 0 saturated carbocycles. The van der Waals surface area contributed by atoms with Crippen molar-refractivity contribution < 1.29 is 9.53 Å². The van der Waals surface area contributed by atoms with Gasteiger partial charge in [0, 0.05) is 4.90 Å². The van der Waals surface area contributed by atoms with Crippen LogP contribution in [-0.2, 0) is 15.1 Å². The Morgan fingerprint density at radius 3 is 2.10 bits per heavy atom. The quantitative estimate of drug-likeness (QED) is 0.630. The van der Waals surface area contributed by atoms with Gasteiger partial charge < -0.3 is 4.74 Å². The van der Waals surface area contributed by atoms with Crippen molar-refractivity contribution in [2.45, 2.75) is 29.9 Å². The molecule has 1 heterocycles. The van der Waals surface area contributed by atoms with Crippen LogP contribution in [0.25, 0.3) is 0 Å². The summed E-state index contributed by atoms with van der Waals surface area (Å²) in [6, 6.07) is 19.6. The third-order valence-electron chi connectivity index (χ3n) is 3.94. The van der Waals surface area contributed by atoms with Crippen LogP contribution in [0.3, 0.4) is 0 Å². The maximum Gasteiger partial charge on any atom is 0.228 e. The second-order valence-electron chi connectivity index (χ2n) is 5.24. The average molecular weight is 284 g/mol. The minimum Gasteiger partial charge on any atom is -0.349 e. The van der Waals surface area contributed by atoms with Crippen LogP contribution in [0.15, 0.2) is 65.6 Å². The number of carbonyl (C=O) groups is 1. The number of thioether (sulfide) groups is 1. The molecule has 0 N–H and O–H groups in total. The molecule has 0 spiro atoms. The lowest BCUT2D eigenvalue weighted by molar-refractivity contribution is -0.115. The summed E-state index contributed by atoms with van der Waals surface area (Å²) in [5.74, 6) is 0. The molecule has 1 aliphatic rings. The van der Waals surface area contributed by atoms with Crippen LogP contribution in [-0.4, -0.2) is 10.7 Å². The van der Waals surface area contributed by atoms with Gasteiger partial charge in [0.15, 0.2) is 5.60 Å². The Labute approximate surface area is 123 Å². The van der Waals surface area contributed by atoms with Gasteiger partial charge in [-0.15, -0.1) is 0 Å². The molecule has 0 bridgehead atoms. The van der Waals surface area contributed by atoms with E-state index < -0.39 is 11.2 Å². The number of epoxide rings is 1. The Morgan fingerprint density at radius 2 is 1.50 bits per heavy atom. The summed E-state index contributed by atoms with van der Waals surface area (Å²) in [6.45, 7) is 3.85. The highest BCUT2D eigenvalue weighted by molar-refractivity contribution is 8.13. The molecule has 2 atom stereocenters. The molecule has 1 fully saturated rings. The lowest BCUT2D eigenvalue weighted by Crippen LogP contribution is -2.25. The first-order valence-corrected chi connectivity index (χ1v) is 7.41. The van der Waals surface area contributed by atoms with Crippen molar-refractivity contribution in [1.29, 1.82) is 0 Å². The Balaban J connectivity index is 1.80. The van der Waals surface area contributed by atoms with Crippen molar-refractivity contribution in [1.82, 2.24) is 0 Å². The van der Waals surface area contributed by atoms with Crippen LogP contribution in [0.1, 0.15) is 19.4 Å². The molecule has 2 aromatic rings. The predicted molar refractivity (Wildman–Crippen MR) is 80.6 cm³/mol. The molecule has 20 heavy (non-hydrogen) atoms. The van der Waals surface area contributed by atoms with E-state index in [4.69, 9.17) is 4.74 Å². The summed E-state index contributed by atoms with van der Waals surface area (Å²) >= 11 is 1.25. The van der Waals surface area contributed by atoms with Gasteiger partial charge >= 0.3 is 0 Å². The monoisotopic (exact) mass is 284 g/mol. The molecule has 102 valence electrons. The van der Waals surface area contributed by atoms with Gasteiger partial charge in [0.25, 0.3) is 0 Å². The van der Waals surface area contributed by atoms with Crippen LogP contribution in [0.4, 0.5) is 0 Å². The largest absolute Gasteiger partial charge is 0.349 e. The summed E-state index contributed by atoms with van der Waals surface area (Å²) in [6.07, 6.45) is 0.